The number of methoxy groups -OCH3 is 1. The molecule has 3 heterocycles. The van der Waals surface area contributed by atoms with E-state index >= 15 is 0 Å². The van der Waals surface area contributed by atoms with Crippen molar-refractivity contribution in [1.82, 2.24) is 9.91 Å². The van der Waals surface area contributed by atoms with E-state index in [1.54, 1.807) is 13.2 Å². The maximum absolute atomic E-state index is 13.5. The Labute approximate surface area is 147 Å². The van der Waals surface area contributed by atoms with Crippen molar-refractivity contribution in [1.29, 1.82) is 0 Å². The van der Waals surface area contributed by atoms with Gasteiger partial charge >= 0.3 is 0 Å². The summed E-state index contributed by atoms with van der Waals surface area (Å²) >= 11 is 6.01. The van der Waals surface area contributed by atoms with Gasteiger partial charge in [-0.25, -0.2) is 4.39 Å². The van der Waals surface area contributed by atoms with Gasteiger partial charge < -0.3 is 9.64 Å². The number of hydrazine groups is 1. The molecule has 4 rings (SSSR count). The van der Waals surface area contributed by atoms with Gasteiger partial charge in [-0.3, -0.25) is 10.0 Å². The van der Waals surface area contributed by atoms with Crippen LogP contribution in [0.3, 0.4) is 0 Å². The fourth-order valence-corrected chi connectivity index (χ4v) is 4.20. The average molecular weight is 352 g/mol. The van der Waals surface area contributed by atoms with E-state index in [4.69, 9.17) is 16.3 Å². The minimum atomic E-state index is -0.367. The number of hydrogen-bond acceptors (Lipinski definition) is 4. The largest absolute Gasteiger partial charge is 0.380 e. The zero-order valence-electron chi connectivity index (χ0n) is 14.0. The zero-order chi connectivity index (χ0) is 16.7. The molecule has 1 unspecified atom stereocenters. The Kier molecular flexibility index (Phi) is 4.31. The Balaban J connectivity index is 1.62. The molecular weight excluding hydrogens is 329 g/mol. The van der Waals surface area contributed by atoms with Crippen molar-refractivity contribution >= 4 is 17.3 Å². The number of nitrogens with zero attached hydrogens (tertiary/aromatic N) is 3. The number of rotatable bonds is 3. The van der Waals surface area contributed by atoms with E-state index in [2.05, 4.69) is 14.9 Å². The second kappa shape index (κ2) is 6.45. The lowest BCUT2D eigenvalue weighted by Gasteiger charge is -2.36. The van der Waals surface area contributed by atoms with E-state index in [9.17, 15) is 4.39 Å². The molecule has 3 aliphatic rings. The first-order chi connectivity index (χ1) is 11.7. The summed E-state index contributed by atoms with van der Waals surface area (Å²) in [4.78, 5) is 2.47. The van der Waals surface area contributed by atoms with Crippen molar-refractivity contribution in [2.45, 2.75) is 31.8 Å². The van der Waals surface area contributed by atoms with Crippen LogP contribution in [0.25, 0.3) is 0 Å². The van der Waals surface area contributed by atoms with Crippen molar-refractivity contribution in [3.8, 4) is 0 Å². The molecule has 6 heteroatoms. The van der Waals surface area contributed by atoms with Gasteiger partial charge in [0.2, 0.25) is 0 Å². The molecule has 0 radical (unpaired) electrons. The summed E-state index contributed by atoms with van der Waals surface area (Å²) in [7, 11) is 1.79. The first kappa shape index (κ1) is 16.0. The number of likely N-dealkylation sites (tertiary alicyclic amines) is 1. The molecule has 0 N–H and O–H groups in total. The van der Waals surface area contributed by atoms with E-state index in [1.807, 2.05) is 6.07 Å². The van der Waals surface area contributed by atoms with Crippen molar-refractivity contribution in [3.63, 3.8) is 0 Å². The van der Waals surface area contributed by atoms with Crippen LogP contribution in [0.4, 0.5) is 10.1 Å². The highest BCUT2D eigenvalue weighted by Crippen LogP contribution is 2.38. The molecule has 2 fully saturated rings. The minimum Gasteiger partial charge on any atom is -0.380 e. The summed E-state index contributed by atoms with van der Waals surface area (Å²) in [5, 5.41) is 4.79. The Hall–Kier alpha value is -1.46. The lowest BCUT2D eigenvalue weighted by Crippen LogP contribution is -2.40. The van der Waals surface area contributed by atoms with Crippen LogP contribution in [-0.4, -0.2) is 49.3 Å². The van der Waals surface area contributed by atoms with Crippen LogP contribution in [0.5, 0.6) is 0 Å². The van der Waals surface area contributed by atoms with Crippen molar-refractivity contribution in [2.75, 3.05) is 38.3 Å². The molecule has 0 aliphatic carbocycles. The number of halogens is 2. The standard InChI is InChI=1S/C18H23ClFN3O/c1-24-14-7-9-21(11-14)18-12-23(22-8-3-2-4-17(18)22)13-5-6-16(20)15(19)10-13/h5-6,10,14H,2-4,7-9,11-12H2,1H3. The van der Waals surface area contributed by atoms with Crippen LogP contribution < -0.4 is 5.01 Å². The second-order valence-corrected chi connectivity index (χ2v) is 7.13. The van der Waals surface area contributed by atoms with E-state index in [-0.39, 0.29) is 10.8 Å². The van der Waals surface area contributed by atoms with Crippen LogP contribution in [-0.2, 0) is 4.74 Å². The fraction of sp³-hybridized carbons (Fsp3) is 0.556. The van der Waals surface area contributed by atoms with Gasteiger partial charge in [-0.1, -0.05) is 11.6 Å². The maximum Gasteiger partial charge on any atom is 0.141 e. The van der Waals surface area contributed by atoms with E-state index < -0.39 is 0 Å². The number of fused-ring (bicyclic) bond motifs is 1. The summed E-state index contributed by atoms with van der Waals surface area (Å²) in [6, 6.07) is 5.00. The Morgan fingerprint density at radius 2 is 2.04 bits per heavy atom. The van der Waals surface area contributed by atoms with Gasteiger partial charge in [-0.15, -0.1) is 0 Å². The van der Waals surface area contributed by atoms with Crippen molar-refractivity contribution in [2.24, 2.45) is 0 Å². The summed E-state index contributed by atoms with van der Waals surface area (Å²) in [5.41, 5.74) is 3.77. The van der Waals surface area contributed by atoms with E-state index in [1.165, 1.54) is 30.3 Å². The van der Waals surface area contributed by atoms with Gasteiger partial charge in [0.15, 0.2) is 0 Å². The zero-order valence-corrected chi connectivity index (χ0v) is 14.7. The van der Waals surface area contributed by atoms with Crippen LogP contribution in [0.15, 0.2) is 29.6 Å². The number of allylic oxidation sites excluding steroid dienone is 1. The van der Waals surface area contributed by atoms with E-state index in [0.29, 0.717) is 6.10 Å². The van der Waals surface area contributed by atoms with Gasteiger partial charge in [0.25, 0.3) is 0 Å². The molecule has 4 nitrogen and oxygen atoms in total. The minimum absolute atomic E-state index is 0.181. The molecule has 0 aromatic heterocycles. The highest BCUT2D eigenvalue weighted by atomic mass is 35.5. The van der Waals surface area contributed by atoms with Gasteiger partial charge in [-0.2, -0.15) is 0 Å². The van der Waals surface area contributed by atoms with Crippen LogP contribution >= 0.6 is 11.6 Å². The molecule has 3 aliphatic heterocycles. The molecule has 24 heavy (non-hydrogen) atoms. The summed E-state index contributed by atoms with van der Waals surface area (Å²) in [6.45, 7) is 3.84. The van der Waals surface area contributed by atoms with Gasteiger partial charge in [-0.05, 0) is 43.9 Å². The van der Waals surface area contributed by atoms with Crippen LogP contribution in [0.2, 0.25) is 5.02 Å². The number of hydrogen-bond donors (Lipinski definition) is 0. The SMILES string of the molecule is COC1CCN(C2=C3CCCCN3N(c3ccc(F)c(Cl)c3)C2)C1. The fourth-order valence-electron chi connectivity index (χ4n) is 4.02. The lowest BCUT2D eigenvalue weighted by atomic mass is 10.1. The van der Waals surface area contributed by atoms with Gasteiger partial charge in [0.1, 0.15) is 5.82 Å². The number of benzene rings is 1. The molecule has 2 saturated heterocycles. The lowest BCUT2D eigenvalue weighted by molar-refractivity contribution is 0.111. The van der Waals surface area contributed by atoms with Crippen molar-refractivity contribution in [3.05, 3.63) is 40.4 Å². The molecule has 130 valence electrons. The van der Waals surface area contributed by atoms with Crippen LogP contribution in [0.1, 0.15) is 25.7 Å². The van der Waals surface area contributed by atoms with E-state index in [0.717, 1.165) is 44.7 Å². The maximum atomic E-state index is 13.5. The first-order valence-corrected chi connectivity index (χ1v) is 9.05. The quantitative estimate of drug-likeness (QED) is 0.827. The number of ether oxygens (including phenoxy) is 1. The summed E-state index contributed by atoms with van der Waals surface area (Å²) in [6.07, 6.45) is 4.92. The molecular formula is C18H23ClFN3O. The third kappa shape index (κ3) is 2.74. The molecule has 0 saturated carbocycles. The molecule has 1 atom stereocenters. The Bertz CT molecular complexity index is 666. The highest BCUT2D eigenvalue weighted by Gasteiger charge is 2.36. The molecule has 0 bridgehead atoms. The number of piperidine rings is 1. The molecule has 1 aromatic rings. The molecule has 0 amide bonds. The highest BCUT2D eigenvalue weighted by molar-refractivity contribution is 6.31. The Morgan fingerprint density at radius 1 is 1.17 bits per heavy atom. The topological polar surface area (TPSA) is 19.0 Å². The van der Waals surface area contributed by atoms with Gasteiger partial charge in [0.05, 0.1) is 34.8 Å². The van der Waals surface area contributed by atoms with Crippen molar-refractivity contribution < 1.29 is 9.13 Å². The number of anilines is 1. The summed E-state index contributed by atoms with van der Waals surface area (Å²) in [5.74, 6) is -0.367. The summed E-state index contributed by atoms with van der Waals surface area (Å²) < 4.78 is 19.1. The normalized spacial score (nSPS) is 24.1. The first-order valence-electron chi connectivity index (χ1n) is 8.67. The second-order valence-electron chi connectivity index (χ2n) is 6.72. The average Bonchev–Trinajstić information content (AvgIpc) is 3.21. The molecule has 0 spiro atoms. The van der Waals surface area contributed by atoms with Gasteiger partial charge in [0, 0.05) is 26.7 Å². The smallest absolute Gasteiger partial charge is 0.141 e. The predicted molar refractivity (Wildman–Crippen MR) is 93.3 cm³/mol. The monoisotopic (exact) mass is 351 g/mol. The predicted octanol–water partition coefficient (Wildman–Crippen LogP) is 3.63. The molecule has 1 aromatic carbocycles. The Morgan fingerprint density at radius 3 is 2.79 bits per heavy atom. The third-order valence-corrected chi connectivity index (χ3v) is 5.62. The van der Waals surface area contributed by atoms with Crippen LogP contribution in [0, 0.1) is 5.82 Å². The third-order valence-electron chi connectivity index (χ3n) is 5.33.